The minimum atomic E-state index is -0.387. The van der Waals surface area contributed by atoms with Gasteiger partial charge in [0, 0.05) is 30.2 Å². The number of carbonyl (C=O) groups excluding carboxylic acids is 1. The number of halogens is 2. The van der Waals surface area contributed by atoms with Gasteiger partial charge in [0.25, 0.3) is 0 Å². The van der Waals surface area contributed by atoms with Crippen LogP contribution in [0.15, 0.2) is 18.2 Å². The second-order valence-electron chi connectivity index (χ2n) is 6.30. The molecule has 0 spiro atoms. The minimum absolute atomic E-state index is 0.0573. The molecule has 0 aliphatic carbocycles. The van der Waals surface area contributed by atoms with Crippen LogP contribution in [0.25, 0.3) is 0 Å². The molecule has 1 aromatic carbocycles. The van der Waals surface area contributed by atoms with Gasteiger partial charge in [-0.2, -0.15) is 0 Å². The highest BCUT2D eigenvalue weighted by Crippen LogP contribution is 2.21. The monoisotopic (exact) mass is 327 g/mol. The molecule has 22 heavy (non-hydrogen) atoms. The van der Waals surface area contributed by atoms with Gasteiger partial charge in [-0.3, -0.25) is 10.2 Å². The molecule has 2 unspecified atom stereocenters. The minimum Gasteiger partial charge on any atom is -0.340 e. The molecule has 1 aliphatic rings. The third-order valence-electron chi connectivity index (χ3n) is 3.87. The van der Waals surface area contributed by atoms with Crippen molar-refractivity contribution in [3.05, 3.63) is 34.6 Å². The molecule has 122 valence electrons. The van der Waals surface area contributed by atoms with Gasteiger partial charge in [0.15, 0.2) is 0 Å². The molecule has 0 saturated carbocycles. The van der Waals surface area contributed by atoms with Crippen molar-refractivity contribution in [3.8, 4) is 0 Å². The topological polar surface area (TPSA) is 44.4 Å². The Morgan fingerprint density at radius 3 is 2.82 bits per heavy atom. The van der Waals surface area contributed by atoms with Crippen molar-refractivity contribution in [3.63, 3.8) is 0 Å². The van der Waals surface area contributed by atoms with Crippen molar-refractivity contribution in [2.45, 2.75) is 45.3 Å². The van der Waals surface area contributed by atoms with Gasteiger partial charge in [-0.25, -0.2) is 9.82 Å². The van der Waals surface area contributed by atoms with E-state index in [1.807, 2.05) is 0 Å². The fourth-order valence-electron chi connectivity index (χ4n) is 2.77. The number of rotatable bonds is 5. The van der Waals surface area contributed by atoms with Crippen LogP contribution in [-0.2, 0) is 11.3 Å². The van der Waals surface area contributed by atoms with E-state index in [2.05, 4.69) is 24.7 Å². The van der Waals surface area contributed by atoms with Gasteiger partial charge < -0.3 is 4.90 Å². The number of likely N-dealkylation sites (N-methyl/N-ethyl adjacent to an activating group) is 1. The molecule has 1 heterocycles. The number of benzene rings is 1. The number of nitrogens with one attached hydrogen (secondary N) is 2. The van der Waals surface area contributed by atoms with Crippen LogP contribution in [0.5, 0.6) is 0 Å². The summed E-state index contributed by atoms with van der Waals surface area (Å²) in [5, 5.41) is 0.342. The maximum atomic E-state index is 13.8. The normalized spacial score (nSPS) is 21.4. The van der Waals surface area contributed by atoms with E-state index in [1.54, 1.807) is 19.2 Å². The van der Waals surface area contributed by atoms with E-state index in [0.717, 1.165) is 12.8 Å². The predicted octanol–water partition coefficient (Wildman–Crippen LogP) is 2.72. The number of hydrogen-bond acceptors (Lipinski definition) is 3. The number of nitrogens with zero attached hydrogens (tertiary/aromatic N) is 1. The van der Waals surface area contributed by atoms with Gasteiger partial charge in [0.2, 0.25) is 5.91 Å². The second kappa shape index (κ2) is 7.40. The molecule has 2 atom stereocenters. The zero-order valence-electron chi connectivity index (χ0n) is 13.2. The molecule has 0 aromatic heterocycles. The largest absolute Gasteiger partial charge is 0.340 e. The SMILES string of the molecule is CC(C)CC1CC(C(=O)N(C)Cc2c(F)cccc2Cl)NN1. The lowest BCUT2D eigenvalue weighted by molar-refractivity contribution is -0.132. The summed E-state index contributed by atoms with van der Waals surface area (Å²) in [5.41, 5.74) is 6.55. The molecule has 1 saturated heterocycles. The lowest BCUT2D eigenvalue weighted by atomic mass is 9.99. The van der Waals surface area contributed by atoms with Crippen molar-refractivity contribution < 1.29 is 9.18 Å². The Balaban J connectivity index is 1.96. The van der Waals surface area contributed by atoms with Gasteiger partial charge in [0.05, 0.1) is 0 Å². The van der Waals surface area contributed by atoms with Crippen LogP contribution in [0.1, 0.15) is 32.3 Å². The smallest absolute Gasteiger partial charge is 0.241 e. The number of amides is 1. The molecule has 1 aromatic rings. The Morgan fingerprint density at radius 1 is 1.45 bits per heavy atom. The third kappa shape index (κ3) is 4.18. The van der Waals surface area contributed by atoms with Crippen LogP contribution in [0.3, 0.4) is 0 Å². The molecule has 6 heteroatoms. The molecule has 1 aliphatic heterocycles. The molecule has 2 rings (SSSR count). The first-order valence-electron chi connectivity index (χ1n) is 7.57. The zero-order chi connectivity index (χ0) is 16.3. The van der Waals surface area contributed by atoms with E-state index >= 15 is 0 Å². The van der Waals surface area contributed by atoms with Crippen LogP contribution in [0, 0.1) is 11.7 Å². The summed E-state index contributed by atoms with van der Waals surface area (Å²) in [4.78, 5) is 14.0. The first-order valence-corrected chi connectivity index (χ1v) is 7.95. The van der Waals surface area contributed by atoms with Crippen LogP contribution < -0.4 is 10.9 Å². The highest BCUT2D eigenvalue weighted by Gasteiger charge is 2.31. The summed E-state index contributed by atoms with van der Waals surface area (Å²) >= 11 is 6.01. The molecule has 2 N–H and O–H groups in total. The number of hydrogen-bond donors (Lipinski definition) is 2. The number of hydrazine groups is 1. The van der Waals surface area contributed by atoms with Crippen molar-refractivity contribution in [2.75, 3.05) is 7.05 Å². The lowest BCUT2D eigenvalue weighted by Crippen LogP contribution is -2.44. The summed E-state index contributed by atoms with van der Waals surface area (Å²) in [6.45, 7) is 4.48. The summed E-state index contributed by atoms with van der Waals surface area (Å²) in [6, 6.07) is 4.56. The van der Waals surface area contributed by atoms with Crippen molar-refractivity contribution in [1.82, 2.24) is 15.8 Å². The number of carbonyl (C=O) groups is 1. The highest BCUT2D eigenvalue weighted by molar-refractivity contribution is 6.31. The van der Waals surface area contributed by atoms with Crippen LogP contribution in [0.2, 0.25) is 5.02 Å². The maximum absolute atomic E-state index is 13.8. The Kier molecular flexibility index (Phi) is 5.78. The van der Waals surface area contributed by atoms with Gasteiger partial charge in [0.1, 0.15) is 11.9 Å². The first-order chi connectivity index (χ1) is 10.4. The fourth-order valence-corrected chi connectivity index (χ4v) is 2.99. The highest BCUT2D eigenvalue weighted by atomic mass is 35.5. The Labute approximate surface area is 136 Å². The molecule has 0 radical (unpaired) electrons. The van der Waals surface area contributed by atoms with E-state index < -0.39 is 0 Å². The van der Waals surface area contributed by atoms with Crippen molar-refractivity contribution >= 4 is 17.5 Å². The van der Waals surface area contributed by atoms with E-state index in [0.29, 0.717) is 22.5 Å². The quantitative estimate of drug-likeness (QED) is 0.874. The standard InChI is InChI=1S/C16H23ClFN3O/c1-10(2)7-11-8-15(20-19-11)16(22)21(3)9-12-13(17)5-4-6-14(12)18/h4-6,10-11,15,19-20H,7-9H2,1-3H3. The maximum Gasteiger partial charge on any atom is 0.241 e. The average molecular weight is 328 g/mol. The molecule has 1 amide bonds. The lowest BCUT2D eigenvalue weighted by Gasteiger charge is -2.21. The molecule has 1 fully saturated rings. The summed E-state index contributed by atoms with van der Waals surface area (Å²) in [6.07, 6.45) is 1.76. The van der Waals surface area contributed by atoms with E-state index in [-0.39, 0.29) is 24.3 Å². The zero-order valence-corrected chi connectivity index (χ0v) is 14.0. The average Bonchev–Trinajstić information content (AvgIpc) is 2.89. The molecular formula is C16H23ClFN3O. The van der Waals surface area contributed by atoms with E-state index in [4.69, 9.17) is 11.6 Å². The fraction of sp³-hybridized carbons (Fsp3) is 0.562. The van der Waals surface area contributed by atoms with E-state index in [9.17, 15) is 9.18 Å². The van der Waals surface area contributed by atoms with Crippen molar-refractivity contribution in [2.24, 2.45) is 5.92 Å². The van der Waals surface area contributed by atoms with E-state index in [1.165, 1.54) is 11.0 Å². The van der Waals surface area contributed by atoms with Gasteiger partial charge >= 0.3 is 0 Å². The summed E-state index contributed by atoms with van der Waals surface area (Å²) in [7, 11) is 1.67. The first kappa shape index (κ1) is 17.2. The molecular weight excluding hydrogens is 305 g/mol. The van der Waals surface area contributed by atoms with Crippen LogP contribution >= 0.6 is 11.6 Å². The summed E-state index contributed by atoms with van der Waals surface area (Å²) in [5.74, 6) is 0.128. The molecule has 0 bridgehead atoms. The Hall–Kier alpha value is -1.17. The van der Waals surface area contributed by atoms with Crippen LogP contribution in [0.4, 0.5) is 4.39 Å². The summed E-state index contributed by atoms with van der Waals surface area (Å²) < 4.78 is 13.8. The van der Waals surface area contributed by atoms with Gasteiger partial charge in [-0.1, -0.05) is 31.5 Å². The van der Waals surface area contributed by atoms with Crippen molar-refractivity contribution in [1.29, 1.82) is 0 Å². The second-order valence-corrected chi connectivity index (χ2v) is 6.71. The molecule has 4 nitrogen and oxygen atoms in total. The van der Waals surface area contributed by atoms with Crippen LogP contribution in [-0.4, -0.2) is 29.9 Å². The van der Waals surface area contributed by atoms with Gasteiger partial charge in [-0.15, -0.1) is 0 Å². The third-order valence-corrected chi connectivity index (χ3v) is 4.22. The Morgan fingerprint density at radius 2 is 2.18 bits per heavy atom. The Bertz CT molecular complexity index is 518. The van der Waals surface area contributed by atoms with Gasteiger partial charge in [-0.05, 0) is 30.9 Å². The predicted molar refractivity (Wildman–Crippen MR) is 85.8 cm³/mol.